The van der Waals surface area contributed by atoms with Crippen molar-refractivity contribution in [2.45, 2.75) is 20.1 Å². The molecule has 5 heteroatoms. The minimum absolute atomic E-state index is 0.114. The minimum Gasteiger partial charge on any atom is -0.488 e. The zero-order valence-corrected chi connectivity index (χ0v) is 14.7. The average Bonchev–Trinajstić information content (AvgIpc) is 3.14. The molecule has 25 heavy (non-hydrogen) atoms. The highest BCUT2D eigenvalue weighted by Crippen LogP contribution is 2.32. The number of carbonyl (C=O) groups is 1. The van der Waals surface area contributed by atoms with Crippen molar-refractivity contribution in [1.29, 1.82) is 0 Å². The Hall–Kier alpha value is -2.79. The lowest BCUT2D eigenvalue weighted by molar-refractivity contribution is 0.256. The smallest absolute Gasteiger partial charge is 0.326 e. The van der Waals surface area contributed by atoms with E-state index in [1.54, 1.807) is 16.2 Å². The number of ether oxygens (including phenoxy) is 1. The van der Waals surface area contributed by atoms with Gasteiger partial charge in [-0.3, -0.25) is 4.90 Å². The van der Waals surface area contributed by atoms with E-state index in [1.807, 2.05) is 60.8 Å². The van der Waals surface area contributed by atoms with E-state index >= 15 is 0 Å². The van der Waals surface area contributed by atoms with Crippen LogP contribution in [0.25, 0.3) is 0 Å². The predicted molar refractivity (Wildman–Crippen MR) is 101 cm³/mol. The summed E-state index contributed by atoms with van der Waals surface area (Å²) in [6.45, 7) is 3.10. The molecule has 1 aliphatic rings. The standard InChI is InChI=1S/C20H18N2O2S/c1-14-8-9-16(24-13-17-6-4-10-25-17)11-19(14)22-12-15-5-2-3-7-18(15)21-20(22)23/h2-11H,12-13H2,1H3,(H,21,23). The topological polar surface area (TPSA) is 41.6 Å². The molecule has 3 aromatic rings. The zero-order valence-electron chi connectivity index (χ0n) is 13.9. The molecule has 4 rings (SSSR count). The summed E-state index contributed by atoms with van der Waals surface area (Å²) in [6, 6.07) is 17.7. The molecule has 2 aromatic carbocycles. The molecule has 0 unspecified atom stereocenters. The second-order valence-electron chi connectivity index (χ2n) is 5.99. The van der Waals surface area contributed by atoms with Crippen LogP contribution in [0.2, 0.25) is 0 Å². The quantitative estimate of drug-likeness (QED) is 0.704. The summed E-state index contributed by atoms with van der Waals surface area (Å²) in [5.41, 5.74) is 3.89. The first-order chi connectivity index (χ1) is 12.2. The molecule has 0 saturated heterocycles. The summed E-state index contributed by atoms with van der Waals surface area (Å²) < 4.78 is 5.89. The number of rotatable bonds is 4. The summed E-state index contributed by atoms with van der Waals surface area (Å²) in [6.07, 6.45) is 0. The number of amides is 2. The highest BCUT2D eigenvalue weighted by Gasteiger charge is 2.25. The lowest BCUT2D eigenvalue weighted by Crippen LogP contribution is -2.39. The Bertz CT molecular complexity index is 906. The fraction of sp³-hybridized carbons (Fsp3) is 0.150. The molecule has 1 aromatic heterocycles. The highest BCUT2D eigenvalue weighted by molar-refractivity contribution is 7.09. The minimum atomic E-state index is -0.114. The Labute approximate surface area is 150 Å². The van der Waals surface area contributed by atoms with E-state index in [1.165, 1.54) is 4.88 Å². The van der Waals surface area contributed by atoms with Gasteiger partial charge in [-0.1, -0.05) is 30.3 Å². The third-order valence-electron chi connectivity index (χ3n) is 4.27. The second-order valence-corrected chi connectivity index (χ2v) is 7.02. The van der Waals surface area contributed by atoms with Gasteiger partial charge < -0.3 is 10.1 Å². The van der Waals surface area contributed by atoms with E-state index in [0.29, 0.717) is 13.2 Å². The molecular weight excluding hydrogens is 332 g/mol. The largest absolute Gasteiger partial charge is 0.488 e. The van der Waals surface area contributed by atoms with Crippen LogP contribution in [0.4, 0.5) is 16.2 Å². The van der Waals surface area contributed by atoms with E-state index < -0.39 is 0 Å². The number of anilines is 2. The Morgan fingerprint density at radius 2 is 2.04 bits per heavy atom. The Morgan fingerprint density at radius 1 is 1.16 bits per heavy atom. The number of carbonyl (C=O) groups excluding carboxylic acids is 1. The molecule has 0 spiro atoms. The average molecular weight is 350 g/mol. The lowest BCUT2D eigenvalue weighted by Gasteiger charge is -2.30. The molecular formula is C20H18N2O2S. The molecule has 0 bridgehead atoms. The number of thiophene rings is 1. The Balaban J connectivity index is 1.59. The van der Waals surface area contributed by atoms with Gasteiger partial charge in [0.1, 0.15) is 12.4 Å². The van der Waals surface area contributed by atoms with Crippen LogP contribution in [0.15, 0.2) is 60.0 Å². The fourth-order valence-electron chi connectivity index (χ4n) is 2.92. The highest BCUT2D eigenvalue weighted by atomic mass is 32.1. The van der Waals surface area contributed by atoms with Gasteiger partial charge in [0.25, 0.3) is 0 Å². The van der Waals surface area contributed by atoms with Gasteiger partial charge in [0.15, 0.2) is 0 Å². The summed E-state index contributed by atoms with van der Waals surface area (Å²) in [5.74, 6) is 0.764. The van der Waals surface area contributed by atoms with Crippen LogP contribution in [0.5, 0.6) is 5.75 Å². The number of hydrogen-bond donors (Lipinski definition) is 1. The molecule has 2 amide bonds. The van der Waals surface area contributed by atoms with Gasteiger partial charge in [-0.2, -0.15) is 0 Å². The summed E-state index contributed by atoms with van der Waals surface area (Å²) >= 11 is 1.67. The maximum absolute atomic E-state index is 12.5. The molecule has 1 N–H and O–H groups in total. The number of para-hydroxylation sites is 1. The Kier molecular flexibility index (Phi) is 4.15. The van der Waals surface area contributed by atoms with E-state index in [0.717, 1.165) is 28.3 Å². The summed E-state index contributed by atoms with van der Waals surface area (Å²) in [7, 11) is 0. The summed E-state index contributed by atoms with van der Waals surface area (Å²) in [5, 5.41) is 4.99. The van der Waals surface area contributed by atoms with E-state index in [-0.39, 0.29) is 6.03 Å². The maximum atomic E-state index is 12.5. The number of urea groups is 1. The first-order valence-corrected chi connectivity index (χ1v) is 9.01. The van der Waals surface area contributed by atoms with E-state index in [4.69, 9.17) is 4.74 Å². The van der Waals surface area contributed by atoms with Gasteiger partial charge in [-0.15, -0.1) is 11.3 Å². The third-order valence-corrected chi connectivity index (χ3v) is 5.12. The molecule has 4 nitrogen and oxygen atoms in total. The first-order valence-electron chi connectivity index (χ1n) is 8.13. The van der Waals surface area contributed by atoms with Crippen molar-refractivity contribution in [2.75, 3.05) is 10.2 Å². The van der Waals surface area contributed by atoms with Gasteiger partial charge in [0.2, 0.25) is 0 Å². The zero-order chi connectivity index (χ0) is 17.2. The third kappa shape index (κ3) is 3.23. The molecule has 0 aliphatic carbocycles. The molecule has 0 atom stereocenters. The van der Waals surface area contributed by atoms with Crippen molar-refractivity contribution in [2.24, 2.45) is 0 Å². The molecule has 1 aliphatic heterocycles. The van der Waals surface area contributed by atoms with Gasteiger partial charge in [-0.05, 0) is 41.6 Å². The van der Waals surface area contributed by atoms with Gasteiger partial charge in [0, 0.05) is 16.6 Å². The van der Waals surface area contributed by atoms with Crippen molar-refractivity contribution in [3.05, 3.63) is 76.0 Å². The maximum Gasteiger partial charge on any atom is 0.326 e. The van der Waals surface area contributed by atoms with Crippen molar-refractivity contribution in [1.82, 2.24) is 0 Å². The number of nitrogens with zero attached hydrogens (tertiary/aromatic N) is 1. The number of nitrogens with one attached hydrogen (secondary N) is 1. The van der Waals surface area contributed by atoms with Gasteiger partial charge in [-0.25, -0.2) is 4.79 Å². The molecule has 2 heterocycles. The lowest BCUT2D eigenvalue weighted by atomic mass is 10.1. The van der Waals surface area contributed by atoms with E-state index in [9.17, 15) is 4.79 Å². The van der Waals surface area contributed by atoms with Crippen molar-refractivity contribution >= 4 is 28.7 Å². The van der Waals surface area contributed by atoms with Crippen LogP contribution >= 0.6 is 11.3 Å². The van der Waals surface area contributed by atoms with Crippen LogP contribution in [-0.4, -0.2) is 6.03 Å². The van der Waals surface area contributed by atoms with Crippen LogP contribution in [0.3, 0.4) is 0 Å². The van der Waals surface area contributed by atoms with Crippen LogP contribution in [0, 0.1) is 6.92 Å². The first kappa shape index (κ1) is 15.7. The van der Waals surface area contributed by atoms with Crippen molar-refractivity contribution < 1.29 is 9.53 Å². The van der Waals surface area contributed by atoms with Crippen LogP contribution < -0.4 is 15.0 Å². The SMILES string of the molecule is Cc1ccc(OCc2cccs2)cc1N1Cc2ccccc2NC1=O. The fourth-order valence-corrected chi connectivity index (χ4v) is 3.53. The van der Waals surface area contributed by atoms with Crippen molar-refractivity contribution in [3.8, 4) is 5.75 Å². The molecule has 126 valence electrons. The normalized spacial score (nSPS) is 13.3. The van der Waals surface area contributed by atoms with Gasteiger partial charge >= 0.3 is 6.03 Å². The van der Waals surface area contributed by atoms with E-state index in [2.05, 4.69) is 11.4 Å². The second kappa shape index (κ2) is 6.61. The van der Waals surface area contributed by atoms with Gasteiger partial charge in [0.05, 0.1) is 12.2 Å². The van der Waals surface area contributed by atoms with Crippen LogP contribution in [-0.2, 0) is 13.2 Å². The molecule has 0 radical (unpaired) electrons. The monoisotopic (exact) mass is 350 g/mol. The number of fused-ring (bicyclic) bond motifs is 1. The number of aryl methyl sites for hydroxylation is 1. The summed E-state index contributed by atoms with van der Waals surface area (Å²) in [4.78, 5) is 15.5. The van der Waals surface area contributed by atoms with Crippen molar-refractivity contribution in [3.63, 3.8) is 0 Å². The Morgan fingerprint density at radius 3 is 2.88 bits per heavy atom. The number of benzene rings is 2. The molecule has 0 saturated carbocycles. The number of hydrogen-bond acceptors (Lipinski definition) is 3. The van der Waals surface area contributed by atoms with Crippen LogP contribution in [0.1, 0.15) is 16.0 Å². The predicted octanol–water partition coefficient (Wildman–Crippen LogP) is 5.19. The molecule has 0 fully saturated rings.